The molecule has 100 valence electrons. The maximum Gasteiger partial charge on any atom is 0.149 e. The zero-order chi connectivity index (χ0) is 12.4. The predicted octanol–water partition coefficient (Wildman–Crippen LogP) is 2.16. The molecule has 1 aromatic heterocycles. The fourth-order valence-corrected chi connectivity index (χ4v) is 4.09. The molecule has 0 aromatic carbocycles. The minimum Gasteiger partial charge on any atom is -0.314 e. The summed E-state index contributed by atoms with van der Waals surface area (Å²) in [6.45, 7) is 3.33. The molecule has 0 aliphatic carbocycles. The van der Waals surface area contributed by atoms with Crippen LogP contribution in [0, 0.1) is 0 Å². The van der Waals surface area contributed by atoms with E-state index in [-0.39, 0.29) is 0 Å². The van der Waals surface area contributed by atoms with Crippen LogP contribution in [0.1, 0.15) is 50.3 Å². The van der Waals surface area contributed by atoms with Crippen LogP contribution in [0.5, 0.6) is 0 Å². The van der Waals surface area contributed by atoms with Crippen molar-refractivity contribution >= 4 is 11.8 Å². The minimum absolute atomic E-state index is 0.327. The summed E-state index contributed by atoms with van der Waals surface area (Å²) in [6.07, 6.45) is 6.24. The van der Waals surface area contributed by atoms with Crippen molar-refractivity contribution < 1.29 is 0 Å². The topological polar surface area (TPSA) is 42.7 Å². The highest BCUT2D eigenvalue weighted by atomic mass is 32.2. The summed E-state index contributed by atoms with van der Waals surface area (Å²) in [6, 6.07) is 0.983. The Balaban J connectivity index is 1.72. The van der Waals surface area contributed by atoms with E-state index in [1.807, 2.05) is 11.8 Å². The van der Waals surface area contributed by atoms with Crippen LogP contribution in [-0.4, -0.2) is 32.3 Å². The van der Waals surface area contributed by atoms with Gasteiger partial charge in [0.25, 0.3) is 0 Å². The molecular formula is C13H22N4S. The first-order valence-corrected chi connectivity index (χ1v) is 8.26. The van der Waals surface area contributed by atoms with Crippen LogP contribution in [-0.2, 0) is 13.0 Å². The number of fused-ring (bicyclic) bond motifs is 1. The second kappa shape index (κ2) is 5.61. The molecule has 1 fully saturated rings. The molecule has 2 aliphatic heterocycles. The lowest BCUT2D eigenvalue weighted by Crippen LogP contribution is -2.32. The van der Waals surface area contributed by atoms with E-state index in [4.69, 9.17) is 0 Å². The van der Waals surface area contributed by atoms with Crippen molar-refractivity contribution in [3.05, 3.63) is 11.6 Å². The van der Waals surface area contributed by atoms with Crippen LogP contribution in [0.4, 0.5) is 0 Å². The normalized spacial score (nSPS) is 25.7. The molecule has 0 spiro atoms. The molecule has 1 saturated heterocycles. The zero-order valence-electron chi connectivity index (χ0n) is 11.1. The van der Waals surface area contributed by atoms with Gasteiger partial charge in [0.2, 0.25) is 0 Å². The lowest BCUT2D eigenvalue weighted by Gasteiger charge is -2.19. The Morgan fingerprint density at radius 1 is 1.33 bits per heavy atom. The number of aromatic nitrogens is 3. The highest BCUT2D eigenvalue weighted by Gasteiger charge is 2.23. The van der Waals surface area contributed by atoms with E-state index >= 15 is 0 Å². The molecule has 2 aliphatic rings. The number of aryl methyl sites for hydroxylation is 1. The molecule has 1 N–H and O–H groups in total. The average Bonchev–Trinajstić information content (AvgIpc) is 2.95. The minimum atomic E-state index is 0.327. The van der Waals surface area contributed by atoms with E-state index in [0.717, 1.165) is 18.8 Å². The molecule has 0 bridgehead atoms. The number of thioether (sulfide) groups is 1. The highest BCUT2D eigenvalue weighted by molar-refractivity contribution is 7.99. The van der Waals surface area contributed by atoms with Gasteiger partial charge in [0, 0.05) is 24.8 Å². The first-order valence-electron chi connectivity index (χ1n) is 7.10. The van der Waals surface area contributed by atoms with Crippen molar-refractivity contribution in [3.63, 3.8) is 0 Å². The van der Waals surface area contributed by atoms with Crippen molar-refractivity contribution in [1.82, 2.24) is 20.1 Å². The number of hydrogen-bond donors (Lipinski definition) is 1. The number of rotatable bonds is 3. The fraction of sp³-hybridized carbons (Fsp3) is 0.846. The predicted molar refractivity (Wildman–Crippen MR) is 74.9 cm³/mol. The van der Waals surface area contributed by atoms with Gasteiger partial charge in [-0.05, 0) is 31.9 Å². The van der Waals surface area contributed by atoms with E-state index in [9.17, 15) is 0 Å². The third kappa shape index (κ3) is 2.57. The monoisotopic (exact) mass is 266 g/mol. The van der Waals surface area contributed by atoms with Gasteiger partial charge in [-0.2, -0.15) is 11.8 Å². The Morgan fingerprint density at radius 2 is 2.28 bits per heavy atom. The molecule has 4 nitrogen and oxygen atoms in total. The molecule has 5 heteroatoms. The van der Waals surface area contributed by atoms with Gasteiger partial charge in [0.15, 0.2) is 0 Å². The summed E-state index contributed by atoms with van der Waals surface area (Å²) in [4.78, 5) is 0. The number of nitrogens with zero attached hydrogens (tertiary/aromatic N) is 3. The second-order valence-corrected chi connectivity index (χ2v) is 6.54. The molecule has 0 amide bonds. The van der Waals surface area contributed by atoms with Crippen LogP contribution in [0.25, 0.3) is 0 Å². The SMILES string of the molecule is CC(NC1CCSC1)c1nnc2n1CCCCC2. The largest absolute Gasteiger partial charge is 0.314 e. The molecule has 0 saturated carbocycles. The second-order valence-electron chi connectivity index (χ2n) is 5.39. The Hall–Kier alpha value is -0.550. The van der Waals surface area contributed by atoms with Gasteiger partial charge in [0.05, 0.1) is 6.04 Å². The quantitative estimate of drug-likeness (QED) is 0.910. The van der Waals surface area contributed by atoms with Crippen LogP contribution >= 0.6 is 11.8 Å². The van der Waals surface area contributed by atoms with Crippen molar-refractivity contribution in [2.24, 2.45) is 0 Å². The van der Waals surface area contributed by atoms with E-state index in [0.29, 0.717) is 12.1 Å². The van der Waals surface area contributed by atoms with E-state index in [1.165, 1.54) is 43.0 Å². The first-order chi connectivity index (χ1) is 8.84. The standard InChI is InChI=1S/C13H22N4S/c1-10(14-11-6-8-18-9-11)13-16-15-12-5-3-2-4-7-17(12)13/h10-11,14H,2-9H2,1H3. The van der Waals surface area contributed by atoms with Crippen molar-refractivity contribution in [1.29, 1.82) is 0 Å². The first kappa shape index (κ1) is 12.5. The number of nitrogens with one attached hydrogen (secondary N) is 1. The van der Waals surface area contributed by atoms with Crippen LogP contribution < -0.4 is 5.32 Å². The van der Waals surface area contributed by atoms with Crippen molar-refractivity contribution in [2.75, 3.05) is 11.5 Å². The maximum atomic E-state index is 4.43. The van der Waals surface area contributed by atoms with Crippen LogP contribution in [0.15, 0.2) is 0 Å². The zero-order valence-corrected chi connectivity index (χ0v) is 11.9. The smallest absolute Gasteiger partial charge is 0.149 e. The van der Waals surface area contributed by atoms with E-state index in [2.05, 4.69) is 27.0 Å². The summed E-state index contributed by atoms with van der Waals surface area (Å²) >= 11 is 2.05. The summed E-state index contributed by atoms with van der Waals surface area (Å²) in [5.41, 5.74) is 0. The lowest BCUT2D eigenvalue weighted by molar-refractivity contribution is 0.448. The van der Waals surface area contributed by atoms with Gasteiger partial charge in [-0.1, -0.05) is 6.42 Å². The van der Waals surface area contributed by atoms with Crippen molar-refractivity contribution in [3.8, 4) is 0 Å². The third-order valence-electron chi connectivity index (χ3n) is 3.94. The summed E-state index contributed by atoms with van der Waals surface area (Å²) in [5.74, 6) is 4.87. The van der Waals surface area contributed by atoms with Crippen LogP contribution in [0.2, 0.25) is 0 Å². The molecule has 18 heavy (non-hydrogen) atoms. The number of hydrogen-bond acceptors (Lipinski definition) is 4. The van der Waals surface area contributed by atoms with Gasteiger partial charge in [0.1, 0.15) is 11.6 Å². The maximum absolute atomic E-state index is 4.43. The van der Waals surface area contributed by atoms with Gasteiger partial charge >= 0.3 is 0 Å². The molecular weight excluding hydrogens is 244 g/mol. The van der Waals surface area contributed by atoms with Gasteiger partial charge in [-0.15, -0.1) is 10.2 Å². The average molecular weight is 266 g/mol. The van der Waals surface area contributed by atoms with E-state index < -0.39 is 0 Å². The summed E-state index contributed by atoms with van der Waals surface area (Å²) in [7, 11) is 0. The molecule has 3 heterocycles. The molecule has 2 unspecified atom stereocenters. The Labute approximate surface area is 113 Å². The fourth-order valence-electron chi connectivity index (χ4n) is 2.92. The highest BCUT2D eigenvalue weighted by Crippen LogP contribution is 2.22. The van der Waals surface area contributed by atoms with Gasteiger partial charge < -0.3 is 9.88 Å². The van der Waals surface area contributed by atoms with Gasteiger partial charge in [-0.25, -0.2) is 0 Å². The van der Waals surface area contributed by atoms with E-state index in [1.54, 1.807) is 0 Å². The van der Waals surface area contributed by atoms with Gasteiger partial charge in [-0.3, -0.25) is 0 Å². The Bertz CT molecular complexity index is 398. The van der Waals surface area contributed by atoms with Crippen molar-refractivity contribution in [2.45, 2.75) is 57.7 Å². The summed E-state index contributed by atoms with van der Waals surface area (Å²) < 4.78 is 2.35. The molecule has 0 radical (unpaired) electrons. The van der Waals surface area contributed by atoms with Crippen LogP contribution in [0.3, 0.4) is 0 Å². The Kier molecular flexibility index (Phi) is 3.89. The Morgan fingerprint density at radius 3 is 3.11 bits per heavy atom. The lowest BCUT2D eigenvalue weighted by atomic mass is 10.2. The summed E-state index contributed by atoms with van der Waals surface area (Å²) in [5, 5.41) is 12.5. The molecule has 2 atom stereocenters. The molecule has 1 aromatic rings. The third-order valence-corrected chi connectivity index (χ3v) is 5.10. The molecule has 3 rings (SSSR count).